The highest BCUT2D eigenvalue weighted by atomic mass is 32.2. The number of sulfonamides is 1. The smallest absolute Gasteiger partial charge is 0.242 e. The first-order valence-corrected chi connectivity index (χ1v) is 11.8. The zero-order valence-corrected chi connectivity index (χ0v) is 18.3. The number of aromatic nitrogens is 1. The van der Waals surface area contributed by atoms with E-state index >= 15 is 0 Å². The quantitative estimate of drug-likeness (QED) is 0.502. The van der Waals surface area contributed by atoms with Crippen LogP contribution in [0.5, 0.6) is 0 Å². The Morgan fingerprint density at radius 1 is 1.33 bits per heavy atom. The number of nitrogens with one attached hydrogen (secondary N) is 3. The number of nitriles is 1. The first kappa shape index (κ1) is 22.5. The van der Waals surface area contributed by atoms with Crippen molar-refractivity contribution >= 4 is 21.7 Å². The fourth-order valence-electron chi connectivity index (χ4n) is 3.27. The van der Waals surface area contributed by atoms with E-state index in [2.05, 4.69) is 26.4 Å². The number of hydrogen-bond donors (Lipinski definition) is 3. The molecule has 1 aromatic heterocycles. The van der Waals surface area contributed by atoms with Gasteiger partial charge in [0.1, 0.15) is 16.8 Å². The number of likely N-dealkylation sites (tertiary alicyclic amines) is 1. The molecule has 0 radical (unpaired) electrons. The molecule has 0 unspecified atom stereocenters. The van der Waals surface area contributed by atoms with Gasteiger partial charge in [0, 0.05) is 31.4 Å². The SMILES string of the molecule is CC(C)(CNc1ccc(S(=O)(=O)NCC2CC2)cn1)NCC(=O)N1CCC[C@H]1C#N. The van der Waals surface area contributed by atoms with Gasteiger partial charge in [-0.1, -0.05) is 0 Å². The van der Waals surface area contributed by atoms with Gasteiger partial charge in [-0.3, -0.25) is 4.79 Å². The van der Waals surface area contributed by atoms with E-state index in [-0.39, 0.29) is 23.4 Å². The fraction of sp³-hybridized carbons (Fsp3) is 0.650. The van der Waals surface area contributed by atoms with Gasteiger partial charge in [-0.25, -0.2) is 18.1 Å². The molecule has 0 spiro atoms. The number of anilines is 1. The molecule has 1 saturated carbocycles. The normalized spacial score (nSPS) is 19.5. The standard InChI is InChI=1S/C20H30N6O3S/c1-20(2,24-13-19(27)26-9-3-4-16(26)10-21)14-23-18-8-7-17(12-22-18)30(28,29)25-11-15-5-6-15/h7-8,12,15-16,24-25H,3-6,9,11,13-14H2,1-2H3,(H,22,23)/t16-/m0/s1. The molecule has 1 aliphatic carbocycles. The van der Waals surface area contributed by atoms with Gasteiger partial charge in [0.15, 0.2) is 0 Å². The fourth-order valence-corrected chi connectivity index (χ4v) is 4.33. The number of rotatable bonds is 10. The molecular weight excluding hydrogens is 404 g/mol. The van der Waals surface area contributed by atoms with Crippen molar-refractivity contribution in [2.75, 3.05) is 31.5 Å². The largest absolute Gasteiger partial charge is 0.368 e. The molecule has 10 heteroatoms. The number of carbonyl (C=O) groups is 1. The first-order valence-electron chi connectivity index (χ1n) is 10.3. The average molecular weight is 435 g/mol. The van der Waals surface area contributed by atoms with Crippen LogP contribution >= 0.6 is 0 Å². The third kappa shape index (κ3) is 6.14. The summed E-state index contributed by atoms with van der Waals surface area (Å²) in [5.74, 6) is 0.950. The van der Waals surface area contributed by atoms with E-state index < -0.39 is 15.6 Å². The van der Waals surface area contributed by atoms with Crippen LogP contribution in [0, 0.1) is 17.2 Å². The van der Waals surface area contributed by atoms with Gasteiger partial charge in [-0.15, -0.1) is 0 Å². The molecule has 2 aliphatic rings. The molecule has 1 amide bonds. The Balaban J connectivity index is 1.46. The van der Waals surface area contributed by atoms with Crippen LogP contribution in [0.1, 0.15) is 39.5 Å². The van der Waals surface area contributed by atoms with E-state index in [4.69, 9.17) is 5.26 Å². The maximum absolute atomic E-state index is 12.4. The monoisotopic (exact) mass is 434 g/mol. The lowest BCUT2D eigenvalue weighted by atomic mass is 10.1. The van der Waals surface area contributed by atoms with Gasteiger partial charge in [0.25, 0.3) is 0 Å². The number of nitrogens with zero attached hydrogens (tertiary/aromatic N) is 3. The zero-order chi connectivity index (χ0) is 21.8. The van der Waals surface area contributed by atoms with E-state index in [0.29, 0.717) is 31.4 Å². The van der Waals surface area contributed by atoms with Gasteiger partial charge in [-0.05, 0) is 57.6 Å². The van der Waals surface area contributed by atoms with Crippen LogP contribution in [0.3, 0.4) is 0 Å². The Morgan fingerprint density at radius 3 is 2.73 bits per heavy atom. The molecule has 1 saturated heterocycles. The summed E-state index contributed by atoms with van der Waals surface area (Å²) < 4.78 is 27.1. The number of amides is 1. The summed E-state index contributed by atoms with van der Waals surface area (Å²) in [6.07, 6.45) is 5.10. The van der Waals surface area contributed by atoms with E-state index in [9.17, 15) is 13.2 Å². The van der Waals surface area contributed by atoms with Crippen molar-refractivity contribution in [3.63, 3.8) is 0 Å². The van der Waals surface area contributed by atoms with Gasteiger partial charge in [0.2, 0.25) is 15.9 Å². The van der Waals surface area contributed by atoms with Gasteiger partial charge in [-0.2, -0.15) is 5.26 Å². The molecule has 3 N–H and O–H groups in total. The molecule has 1 aromatic rings. The third-order valence-corrected chi connectivity index (χ3v) is 6.87. The Labute approximate surface area is 178 Å². The maximum Gasteiger partial charge on any atom is 0.242 e. The Hall–Kier alpha value is -2.22. The van der Waals surface area contributed by atoms with Crippen molar-refractivity contribution < 1.29 is 13.2 Å². The van der Waals surface area contributed by atoms with Crippen molar-refractivity contribution in [3.05, 3.63) is 18.3 Å². The van der Waals surface area contributed by atoms with Crippen molar-refractivity contribution in [1.29, 1.82) is 5.26 Å². The van der Waals surface area contributed by atoms with Gasteiger partial charge in [0.05, 0.1) is 12.6 Å². The lowest BCUT2D eigenvalue weighted by Gasteiger charge is -2.28. The number of pyridine rings is 1. The van der Waals surface area contributed by atoms with Crippen LogP contribution < -0.4 is 15.4 Å². The molecule has 2 fully saturated rings. The highest BCUT2D eigenvalue weighted by Crippen LogP contribution is 2.28. The first-order chi connectivity index (χ1) is 14.2. The van der Waals surface area contributed by atoms with E-state index in [1.54, 1.807) is 11.0 Å². The molecule has 30 heavy (non-hydrogen) atoms. The molecule has 0 aromatic carbocycles. The Kier molecular flexibility index (Phi) is 6.95. The predicted octanol–water partition coefficient (Wildman–Crippen LogP) is 1.06. The summed E-state index contributed by atoms with van der Waals surface area (Å²) in [4.78, 5) is 18.4. The minimum absolute atomic E-state index is 0.0708. The molecule has 1 atom stereocenters. The molecule has 9 nitrogen and oxygen atoms in total. The highest BCUT2D eigenvalue weighted by Gasteiger charge is 2.29. The summed E-state index contributed by atoms with van der Waals surface area (Å²) in [6, 6.07) is 5.02. The van der Waals surface area contributed by atoms with Crippen LogP contribution in [-0.2, 0) is 14.8 Å². The lowest BCUT2D eigenvalue weighted by molar-refractivity contribution is -0.130. The molecule has 1 aliphatic heterocycles. The molecule has 164 valence electrons. The summed E-state index contributed by atoms with van der Waals surface area (Å²) >= 11 is 0. The molecule has 3 rings (SSSR count). The average Bonchev–Trinajstić information content (AvgIpc) is 3.44. The van der Waals surface area contributed by atoms with Crippen LogP contribution in [0.25, 0.3) is 0 Å². The molecular formula is C20H30N6O3S. The minimum Gasteiger partial charge on any atom is -0.368 e. The van der Waals surface area contributed by atoms with Crippen LogP contribution in [0.4, 0.5) is 5.82 Å². The summed E-state index contributed by atoms with van der Waals surface area (Å²) in [6.45, 7) is 5.67. The van der Waals surface area contributed by atoms with Crippen LogP contribution in [0.15, 0.2) is 23.2 Å². The van der Waals surface area contributed by atoms with E-state index in [1.807, 2.05) is 13.8 Å². The third-order valence-electron chi connectivity index (χ3n) is 5.46. The Bertz CT molecular complexity index is 890. The second-order valence-electron chi connectivity index (χ2n) is 8.64. The van der Waals surface area contributed by atoms with Crippen LogP contribution in [0.2, 0.25) is 0 Å². The van der Waals surface area contributed by atoms with Crippen molar-refractivity contribution in [1.82, 2.24) is 19.9 Å². The topological polar surface area (TPSA) is 127 Å². The lowest BCUT2D eigenvalue weighted by Crippen LogP contribution is -2.50. The molecule has 2 heterocycles. The second-order valence-corrected chi connectivity index (χ2v) is 10.4. The van der Waals surface area contributed by atoms with Gasteiger partial charge >= 0.3 is 0 Å². The summed E-state index contributed by atoms with van der Waals surface area (Å²) in [5.41, 5.74) is -0.407. The van der Waals surface area contributed by atoms with Crippen molar-refractivity contribution in [2.45, 2.75) is 56.0 Å². The highest BCUT2D eigenvalue weighted by molar-refractivity contribution is 7.89. The number of hydrogen-bond acceptors (Lipinski definition) is 7. The number of carbonyl (C=O) groups excluding carboxylic acids is 1. The predicted molar refractivity (Wildman–Crippen MR) is 113 cm³/mol. The summed E-state index contributed by atoms with van der Waals surface area (Å²) in [5, 5.41) is 15.5. The van der Waals surface area contributed by atoms with E-state index in [1.165, 1.54) is 12.3 Å². The van der Waals surface area contributed by atoms with Crippen LogP contribution in [-0.4, -0.2) is 62.0 Å². The minimum atomic E-state index is -3.53. The van der Waals surface area contributed by atoms with Gasteiger partial charge < -0.3 is 15.5 Å². The van der Waals surface area contributed by atoms with E-state index in [0.717, 1.165) is 25.7 Å². The zero-order valence-electron chi connectivity index (χ0n) is 17.5. The second kappa shape index (κ2) is 9.29. The Morgan fingerprint density at radius 2 is 2.10 bits per heavy atom. The maximum atomic E-state index is 12.4. The van der Waals surface area contributed by atoms with Crippen molar-refractivity contribution in [2.24, 2.45) is 5.92 Å². The van der Waals surface area contributed by atoms with Crippen molar-refractivity contribution in [3.8, 4) is 6.07 Å². The summed E-state index contributed by atoms with van der Waals surface area (Å²) in [7, 11) is -3.53. The molecule has 0 bridgehead atoms.